The zero-order valence-corrected chi connectivity index (χ0v) is 14.6. The summed E-state index contributed by atoms with van der Waals surface area (Å²) < 4.78 is 5.95. The highest BCUT2D eigenvalue weighted by atomic mass is 16.5. The maximum Gasteiger partial charge on any atom is 0.363 e. The van der Waals surface area contributed by atoms with Crippen molar-refractivity contribution in [1.82, 2.24) is 15.2 Å². The minimum absolute atomic E-state index is 0.309. The summed E-state index contributed by atoms with van der Waals surface area (Å²) in [4.78, 5) is 15.0. The minimum Gasteiger partial charge on any atom is -0.488 e. The van der Waals surface area contributed by atoms with Gasteiger partial charge < -0.3 is 4.74 Å². The fourth-order valence-corrected chi connectivity index (χ4v) is 2.31. The first-order chi connectivity index (χ1) is 12.6. The molecule has 0 saturated heterocycles. The van der Waals surface area contributed by atoms with E-state index in [1.165, 1.54) is 5.56 Å². The third-order valence-electron chi connectivity index (χ3n) is 3.81. The van der Waals surface area contributed by atoms with Crippen molar-refractivity contribution < 1.29 is 4.74 Å². The molecule has 0 spiro atoms. The van der Waals surface area contributed by atoms with Crippen molar-refractivity contribution in [3.05, 3.63) is 81.4 Å². The van der Waals surface area contributed by atoms with E-state index >= 15 is 0 Å². The van der Waals surface area contributed by atoms with Gasteiger partial charge in [0.25, 0.3) is 0 Å². The second-order valence-electron chi connectivity index (χ2n) is 5.70. The summed E-state index contributed by atoms with van der Waals surface area (Å²) in [6, 6.07) is 15.7. The summed E-state index contributed by atoms with van der Waals surface area (Å²) in [5.74, 6) is 1.03. The average Bonchev–Trinajstić information content (AvgIpc) is 2.65. The second kappa shape index (κ2) is 8.06. The lowest BCUT2D eigenvalue weighted by molar-refractivity contribution is 0.305. The Hall–Kier alpha value is -3.48. The van der Waals surface area contributed by atoms with Crippen molar-refractivity contribution in [2.75, 3.05) is 5.43 Å². The molecule has 0 saturated carbocycles. The van der Waals surface area contributed by atoms with E-state index in [4.69, 9.17) is 4.74 Å². The number of aromatic nitrogens is 3. The molecule has 0 aliphatic heterocycles. The van der Waals surface area contributed by atoms with Crippen molar-refractivity contribution in [3.8, 4) is 5.75 Å². The van der Waals surface area contributed by atoms with Crippen LogP contribution >= 0.6 is 0 Å². The number of rotatable bonds is 6. The number of nitrogens with one attached hydrogen (secondary N) is 2. The van der Waals surface area contributed by atoms with Crippen LogP contribution in [-0.4, -0.2) is 21.4 Å². The van der Waals surface area contributed by atoms with Crippen LogP contribution in [0.1, 0.15) is 22.4 Å². The molecule has 1 heterocycles. The Morgan fingerprint density at radius 2 is 1.92 bits per heavy atom. The molecule has 0 radical (unpaired) electrons. The third-order valence-corrected chi connectivity index (χ3v) is 3.81. The molecule has 1 aromatic heterocycles. The summed E-state index contributed by atoms with van der Waals surface area (Å²) in [6.07, 6.45) is 1.62. The third kappa shape index (κ3) is 4.32. The second-order valence-corrected chi connectivity index (χ2v) is 5.70. The molecule has 26 heavy (non-hydrogen) atoms. The van der Waals surface area contributed by atoms with Gasteiger partial charge in [0.15, 0.2) is 5.82 Å². The van der Waals surface area contributed by atoms with Gasteiger partial charge in [-0.2, -0.15) is 15.2 Å². The number of hydrogen-bond donors (Lipinski definition) is 2. The van der Waals surface area contributed by atoms with Crippen molar-refractivity contribution in [1.29, 1.82) is 0 Å². The lowest BCUT2D eigenvalue weighted by Gasteiger charge is -2.10. The number of aryl methyl sites for hydroxylation is 2. The molecule has 0 bridgehead atoms. The molecule has 0 aliphatic carbocycles. The first-order valence-electron chi connectivity index (χ1n) is 8.12. The van der Waals surface area contributed by atoms with Crippen LogP contribution in [0.15, 0.2) is 58.4 Å². The summed E-state index contributed by atoms with van der Waals surface area (Å²) in [6.45, 7) is 4.25. The molecular formula is C19H19N5O2. The van der Waals surface area contributed by atoms with E-state index in [0.29, 0.717) is 18.1 Å². The Morgan fingerprint density at radius 1 is 1.15 bits per heavy atom. The van der Waals surface area contributed by atoms with Gasteiger partial charge in [-0.3, -0.25) is 5.43 Å². The van der Waals surface area contributed by atoms with Crippen LogP contribution in [0.25, 0.3) is 0 Å². The summed E-state index contributed by atoms with van der Waals surface area (Å²) in [5, 5.41) is 10.2. The van der Waals surface area contributed by atoms with Crippen LogP contribution in [0, 0.1) is 13.8 Å². The van der Waals surface area contributed by atoms with Gasteiger partial charge in [0, 0.05) is 5.56 Å². The number of ether oxygens (including phenoxy) is 1. The highest BCUT2D eigenvalue weighted by Gasteiger charge is 2.04. The van der Waals surface area contributed by atoms with E-state index in [1.54, 1.807) is 13.1 Å². The Kier molecular flexibility index (Phi) is 5.38. The smallest absolute Gasteiger partial charge is 0.363 e. The Bertz CT molecular complexity index is 981. The van der Waals surface area contributed by atoms with Crippen molar-refractivity contribution in [2.45, 2.75) is 20.5 Å². The molecule has 0 amide bonds. The number of nitrogens with zero attached hydrogens (tertiary/aromatic N) is 3. The molecule has 0 unspecified atom stereocenters. The quantitative estimate of drug-likeness (QED) is 0.527. The normalized spacial score (nSPS) is 10.8. The molecule has 0 fully saturated rings. The van der Waals surface area contributed by atoms with Crippen LogP contribution in [-0.2, 0) is 6.61 Å². The van der Waals surface area contributed by atoms with Gasteiger partial charge in [0.05, 0.1) is 6.21 Å². The Labute approximate surface area is 150 Å². The molecular weight excluding hydrogens is 330 g/mol. The highest BCUT2D eigenvalue weighted by Crippen LogP contribution is 2.19. The van der Waals surface area contributed by atoms with Crippen molar-refractivity contribution >= 4 is 12.0 Å². The molecule has 0 aliphatic rings. The predicted molar refractivity (Wildman–Crippen MR) is 101 cm³/mol. The number of hydrogen-bond acceptors (Lipinski definition) is 6. The van der Waals surface area contributed by atoms with Gasteiger partial charge in [-0.15, -0.1) is 0 Å². The minimum atomic E-state index is -0.532. The monoisotopic (exact) mass is 349 g/mol. The largest absolute Gasteiger partial charge is 0.488 e. The van der Waals surface area contributed by atoms with Crippen molar-refractivity contribution in [2.24, 2.45) is 5.10 Å². The van der Waals surface area contributed by atoms with E-state index in [9.17, 15) is 4.79 Å². The maximum atomic E-state index is 11.2. The maximum absolute atomic E-state index is 11.2. The molecule has 0 atom stereocenters. The standard InChI is InChI=1S/C19H19N5O2/c1-13-7-3-4-9-16(13)12-26-17-10-6-5-8-15(17)11-20-23-18-14(2)22-24-19(25)21-18/h3-11H,12H2,1-2H3,(H2,21,23,24,25)/b20-11-. The van der Waals surface area contributed by atoms with Gasteiger partial charge in [0.2, 0.25) is 0 Å². The van der Waals surface area contributed by atoms with E-state index in [-0.39, 0.29) is 0 Å². The zero-order valence-electron chi connectivity index (χ0n) is 14.6. The zero-order chi connectivity index (χ0) is 18.4. The molecule has 7 heteroatoms. The average molecular weight is 349 g/mol. The predicted octanol–water partition coefficient (Wildman–Crippen LogP) is 2.81. The number of anilines is 1. The number of benzene rings is 2. The van der Waals surface area contributed by atoms with Gasteiger partial charge in [0.1, 0.15) is 18.1 Å². The molecule has 2 aromatic carbocycles. The molecule has 3 rings (SSSR count). The Balaban J connectivity index is 1.71. The summed E-state index contributed by atoms with van der Waals surface area (Å²) >= 11 is 0. The number of para-hydroxylation sites is 1. The topological polar surface area (TPSA) is 92.3 Å². The molecule has 132 valence electrons. The number of H-pyrrole nitrogens is 1. The first kappa shape index (κ1) is 17.3. The summed E-state index contributed by atoms with van der Waals surface area (Å²) in [5.41, 5.74) is 5.87. The van der Waals surface area contributed by atoms with Crippen molar-refractivity contribution in [3.63, 3.8) is 0 Å². The Morgan fingerprint density at radius 3 is 2.77 bits per heavy atom. The van der Waals surface area contributed by atoms with Gasteiger partial charge >= 0.3 is 5.69 Å². The lowest BCUT2D eigenvalue weighted by atomic mass is 10.1. The van der Waals surface area contributed by atoms with Crippen LogP contribution < -0.4 is 15.9 Å². The van der Waals surface area contributed by atoms with E-state index in [1.807, 2.05) is 42.5 Å². The number of hydrazone groups is 1. The van der Waals surface area contributed by atoms with E-state index in [2.05, 4.69) is 38.7 Å². The summed E-state index contributed by atoms with van der Waals surface area (Å²) in [7, 11) is 0. The van der Waals surface area contributed by atoms with Gasteiger partial charge in [-0.25, -0.2) is 9.89 Å². The SMILES string of the molecule is Cc1ccccc1COc1ccccc1/C=N\Nc1nc(=O)[nH]nc1C. The fraction of sp³-hybridized carbons (Fsp3) is 0.158. The van der Waals surface area contributed by atoms with Crippen LogP contribution in [0.4, 0.5) is 5.82 Å². The first-order valence-corrected chi connectivity index (χ1v) is 8.12. The van der Waals surface area contributed by atoms with Gasteiger partial charge in [-0.05, 0) is 37.1 Å². The lowest BCUT2D eigenvalue weighted by Crippen LogP contribution is -2.15. The highest BCUT2D eigenvalue weighted by molar-refractivity contribution is 5.83. The molecule has 3 aromatic rings. The van der Waals surface area contributed by atoms with E-state index in [0.717, 1.165) is 16.9 Å². The molecule has 7 nitrogen and oxygen atoms in total. The van der Waals surface area contributed by atoms with Crippen LogP contribution in [0.3, 0.4) is 0 Å². The molecule has 2 N–H and O–H groups in total. The van der Waals surface area contributed by atoms with Gasteiger partial charge in [-0.1, -0.05) is 36.4 Å². The van der Waals surface area contributed by atoms with Crippen LogP contribution in [0.5, 0.6) is 5.75 Å². The number of aromatic amines is 1. The van der Waals surface area contributed by atoms with E-state index < -0.39 is 5.69 Å². The fourth-order valence-electron chi connectivity index (χ4n) is 2.31. The van der Waals surface area contributed by atoms with Crippen LogP contribution in [0.2, 0.25) is 0 Å².